The number of fused-ring (bicyclic) bond motifs is 2. The second kappa shape index (κ2) is 4.08. The van der Waals surface area contributed by atoms with Crippen molar-refractivity contribution in [3.63, 3.8) is 0 Å². The molecule has 4 heteroatoms. The van der Waals surface area contributed by atoms with Crippen LogP contribution in [-0.2, 0) is 0 Å². The molecule has 1 heterocycles. The summed E-state index contributed by atoms with van der Waals surface area (Å²) >= 11 is 0. The molecule has 0 aliphatic heterocycles. The standard InChI is InChI=1S/C15H16N2O2/c18-12-5-3-10(4-6-12)14-16-15(19-17-14)13-8-9-1-2-11(13)7-9/h3-6,9,11,13,18H,1-2,7-8H2. The molecule has 2 saturated carbocycles. The number of phenols is 1. The van der Waals surface area contributed by atoms with E-state index in [1.54, 1.807) is 12.1 Å². The van der Waals surface area contributed by atoms with Crippen molar-refractivity contribution >= 4 is 0 Å². The Morgan fingerprint density at radius 2 is 1.95 bits per heavy atom. The Kier molecular flexibility index (Phi) is 2.37. The summed E-state index contributed by atoms with van der Waals surface area (Å²) in [5.41, 5.74) is 0.885. The minimum absolute atomic E-state index is 0.251. The van der Waals surface area contributed by atoms with Crippen LogP contribution in [0.1, 0.15) is 37.5 Å². The number of phenolic OH excluding ortho intramolecular Hbond substituents is 1. The van der Waals surface area contributed by atoms with Gasteiger partial charge in [-0.1, -0.05) is 11.6 Å². The predicted octanol–water partition coefficient (Wildman–Crippen LogP) is 3.35. The third-order valence-corrected chi connectivity index (χ3v) is 4.62. The fraction of sp³-hybridized carbons (Fsp3) is 0.467. The maximum atomic E-state index is 9.29. The smallest absolute Gasteiger partial charge is 0.230 e. The normalized spacial score (nSPS) is 28.9. The van der Waals surface area contributed by atoms with Crippen molar-refractivity contribution in [3.05, 3.63) is 30.2 Å². The molecule has 2 aliphatic carbocycles. The predicted molar refractivity (Wildman–Crippen MR) is 69.6 cm³/mol. The molecule has 3 atom stereocenters. The van der Waals surface area contributed by atoms with Crippen LogP contribution >= 0.6 is 0 Å². The lowest BCUT2D eigenvalue weighted by Gasteiger charge is -2.16. The van der Waals surface area contributed by atoms with Crippen molar-refractivity contribution in [3.8, 4) is 17.1 Å². The summed E-state index contributed by atoms with van der Waals surface area (Å²) in [6.07, 6.45) is 5.23. The molecule has 2 aliphatic rings. The average molecular weight is 256 g/mol. The molecule has 2 bridgehead atoms. The minimum Gasteiger partial charge on any atom is -0.508 e. The van der Waals surface area contributed by atoms with E-state index in [1.807, 2.05) is 12.1 Å². The van der Waals surface area contributed by atoms with Gasteiger partial charge in [-0.05, 0) is 55.4 Å². The first-order valence-corrected chi connectivity index (χ1v) is 6.92. The molecule has 2 fully saturated rings. The molecule has 3 unspecified atom stereocenters. The summed E-state index contributed by atoms with van der Waals surface area (Å²) in [7, 11) is 0. The van der Waals surface area contributed by atoms with Gasteiger partial charge in [0, 0.05) is 11.5 Å². The SMILES string of the molecule is Oc1ccc(-c2noc(C3CC4CCC3C4)n2)cc1. The third-order valence-electron chi connectivity index (χ3n) is 4.62. The van der Waals surface area contributed by atoms with Crippen LogP contribution in [-0.4, -0.2) is 15.2 Å². The van der Waals surface area contributed by atoms with Crippen LogP contribution in [0.4, 0.5) is 0 Å². The van der Waals surface area contributed by atoms with Crippen molar-refractivity contribution in [1.29, 1.82) is 0 Å². The average Bonchev–Trinajstić information content (AvgIpc) is 3.15. The highest BCUT2D eigenvalue weighted by Gasteiger charge is 2.42. The Bertz CT molecular complexity index is 590. The quantitative estimate of drug-likeness (QED) is 0.895. The van der Waals surface area contributed by atoms with E-state index in [4.69, 9.17) is 4.52 Å². The van der Waals surface area contributed by atoms with Gasteiger partial charge in [0.25, 0.3) is 0 Å². The molecule has 1 aromatic carbocycles. The van der Waals surface area contributed by atoms with Gasteiger partial charge in [0.15, 0.2) is 0 Å². The monoisotopic (exact) mass is 256 g/mol. The molecule has 4 rings (SSSR count). The second-order valence-electron chi connectivity index (χ2n) is 5.78. The van der Waals surface area contributed by atoms with E-state index in [2.05, 4.69) is 10.1 Å². The van der Waals surface area contributed by atoms with Crippen LogP contribution in [0.15, 0.2) is 28.8 Å². The van der Waals surface area contributed by atoms with E-state index in [1.165, 1.54) is 25.7 Å². The van der Waals surface area contributed by atoms with Gasteiger partial charge < -0.3 is 9.63 Å². The first kappa shape index (κ1) is 11.0. The fourth-order valence-corrected chi connectivity index (χ4v) is 3.66. The van der Waals surface area contributed by atoms with E-state index >= 15 is 0 Å². The summed E-state index contributed by atoms with van der Waals surface area (Å²) < 4.78 is 5.46. The number of hydrogen-bond acceptors (Lipinski definition) is 4. The molecule has 0 saturated heterocycles. The van der Waals surface area contributed by atoms with E-state index < -0.39 is 0 Å². The van der Waals surface area contributed by atoms with Crippen LogP contribution in [0.5, 0.6) is 5.75 Å². The number of nitrogens with zero attached hydrogens (tertiary/aromatic N) is 2. The van der Waals surface area contributed by atoms with Crippen molar-refractivity contribution in [2.24, 2.45) is 11.8 Å². The molecule has 1 N–H and O–H groups in total. The minimum atomic E-state index is 0.251. The van der Waals surface area contributed by atoms with Gasteiger partial charge in [-0.3, -0.25) is 0 Å². The second-order valence-corrected chi connectivity index (χ2v) is 5.78. The number of benzene rings is 1. The fourth-order valence-electron chi connectivity index (χ4n) is 3.66. The van der Waals surface area contributed by atoms with Crippen molar-refractivity contribution in [2.75, 3.05) is 0 Å². The van der Waals surface area contributed by atoms with Gasteiger partial charge in [-0.2, -0.15) is 4.98 Å². The van der Waals surface area contributed by atoms with Gasteiger partial charge in [0.05, 0.1) is 0 Å². The zero-order chi connectivity index (χ0) is 12.8. The van der Waals surface area contributed by atoms with E-state index in [-0.39, 0.29) is 5.75 Å². The number of rotatable bonds is 2. The molecule has 4 nitrogen and oxygen atoms in total. The van der Waals surface area contributed by atoms with Crippen LogP contribution in [0, 0.1) is 11.8 Å². The summed E-state index contributed by atoms with van der Waals surface area (Å²) in [5.74, 6) is 3.77. The van der Waals surface area contributed by atoms with E-state index in [0.717, 1.165) is 23.3 Å². The molecular formula is C15H16N2O2. The number of hydrogen-bond donors (Lipinski definition) is 1. The van der Waals surface area contributed by atoms with Gasteiger partial charge in [-0.15, -0.1) is 0 Å². The highest BCUT2D eigenvalue weighted by Crippen LogP contribution is 2.52. The molecule has 0 radical (unpaired) electrons. The highest BCUT2D eigenvalue weighted by molar-refractivity contribution is 5.55. The van der Waals surface area contributed by atoms with Gasteiger partial charge in [0.1, 0.15) is 5.75 Å². The van der Waals surface area contributed by atoms with Crippen molar-refractivity contribution in [1.82, 2.24) is 10.1 Å². The lowest BCUT2D eigenvalue weighted by Crippen LogP contribution is -2.08. The first-order chi connectivity index (χ1) is 9.29. The van der Waals surface area contributed by atoms with Crippen molar-refractivity contribution < 1.29 is 9.63 Å². The lowest BCUT2D eigenvalue weighted by molar-refractivity contribution is 0.302. The maximum absolute atomic E-state index is 9.29. The summed E-state index contributed by atoms with van der Waals surface area (Å²) in [6, 6.07) is 6.90. The zero-order valence-corrected chi connectivity index (χ0v) is 10.6. The zero-order valence-electron chi connectivity index (χ0n) is 10.6. The van der Waals surface area contributed by atoms with Crippen LogP contribution in [0.3, 0.4) is 0 Å². The van der Waals surface area contributed by atoms with Gasteiger partial charge in [-0.25, -0.2) is 0 Å². The highest BCUT2D eigenvalue weighted by atomic mass is 16.5. The Hall–Kier alpha value is -1.84. The molecule has 19 heavy (non-hydrogen) atoms. The summed E-state index contributed by atoms with van der Waals surface area (Å²) in [5, 5.41) is 13.4. The van der Waals surface area contributed by atoms with Crippen molar-refractivity contribution in [2.45, 2.75) is 31.6 Å². The van der Waals surface area contributed by atoms with E-state index in [0.29, 0.717) is 11.7 Å². The lowest BCUT2D eigenvalue weighted by atomic mass is 9.89. The number of aromatic nitrogens is 2. The van der Waals surface area contributed by atoms with E-state index in [9.17, 15) is 5.11 Å². The Morgan fingerprint density at radius 3 is 2.63 bits per heavy atom. The molecule has 0 spiro atoms. The van der Waals surface area contributed by atoms with Crippen LogP contribution in [0.25, 0.3) is 11.4 Å². The molecule has 98 valence electrons. The Balaban J connectivity index is 1.61. The molecule has 2 aromatic rings. The van der Waals surface area contributed by atoms with Crippen LogP contribution < -0.4 is 0 Å². The maximum Gasteiger partial charge on any atom is 0.230 e. The first-order valence-electron chi connectivity index (χ1n) is 6.92. The molecule has 0 amide bonds. The van der Waals surface area contributed by atoms with Crippen LogP contribution in [0.2, 0.25) is 0 Å². The largest absolute Gasteiger partial charge is 0.508 e. The van der Waals surface area contributed by atoms with Gasteiger partial charge in [0.2, 0.25) is 11.7 Å². The summed E-state index contributed by atoms with van der Waals surface area (Å²) in [6.45, 7) is 0. The van der Waals surface area contributed by atoms with Gasteiger partial charge >= 0.3 is 0 Å². The third kappa shape index (κ3) is 1.82. The Labute approximate surface area is 111 Å². The molecule has 1 aromatic heterocycles. The Morgan fingerprint density at radius 1 is 1.11 bits per heavy atom. The summed E-state index contributed by atoms with van der Waals surface area (Å²) in [4.78, 5) is 4.55. The molecular weight excluding hydrogens is 240 g/mol. The topological polar surface area (TPSA) is 59.2 Å². The number of aromatic hydroxyl groups is 1.